The number of ketones is 1. The SMILES string of the molecule is CN1Cc2cccnc2C(=O)c2ccc(Cl)cc21. The van der Waals surface area contributed by atoms with Crippen LogP contribution < -0.4 is 4.90 Å². The van der Waals surface area contributed by atoms with Crippen molar-refractivity contribution in [2.75, 3.05) is 11.9 Å². The Hall–Kier alpha value is -1.87. The Kier molecular flexibility index (Phi) is 2.56. The van der Waals surface area contributed by atoms with Crippen LogP contribution in [0.2, 0.25) is 5.02 Å². The zero-order valence-corrected chi connectivity index (χ0v) is 10.6. The van der Waals surface area contributed by atoms with Gasteiger partial charge in [0.05, 0.1) is 0 Å². The maximum Gasteiger partial charge on any atom is 0.213 e. The highest BCUT2D eigenvalue weighted by atomic mass is 35.5. The van der Waals surface area contributed by atoms with Gasteiger partial charge >= 0.3 is 0 Å². The Morgan fingerprint density at radius 2 is 2.17 bits per heavy atom. The molecule has 90 valence electrons. The molecule has 0 fully saturated rings. The monoisotopic (exact) mass is 258 g/mol. The lowest BCUT2D eigenvalue weighted by molar-refractivity contribution is 0.103. The minimum atomic E-state index is -0.0402. The maximum absolute atomic E-state index is 12.5. The number of fused-ring (bicyclic) bond motifs is 2. The summed E-state index contributed by atoms with van der Waals surface area (Å²) in [5, 5.41) is 0.632. The smallest absolute Gasteiger partial charge is 0.213 e. The Bertz CT molecular complexity index is 639. The van der Waals surface area contributed by atoms with Crippen molar-refractivity contribution in [2.45, 2.75) is 6.54 Å². The van der Waals surface area contributed by atoms with Gasteiger partial charge in [-0.05, 0) is 24.3 Å². The number of pyridine rings is 1. The summed E-state index contributed by atoms with van der Waals surface area (Å²) in [7, 11) is 1.95. The van der Waals surface area contributed by atoms with Gasteiger partial charge in [-0.2, -0.15) is 0 Å². The molecule has 4 heteroatoms. The van der Waals surface area contributed by atoms with E-state index in [-0.39, 0.29) is 5.78 Å². The lowest BCUT2D eigenvalue weighted by Crippen LogP contribution is -2.16. The highest BCUT2D eigenvalue weighted by Crippen LogP contribution is 2.30. The van der Waals surface area contributed by atoms with Gasteiger partial charge in [0.25, 0.3) is 0 Å². The van der Waals surface area contributed by atoms with Crippen LogP contribution in [-0.4, -0.2) is 17.8 Å². The molecule has 2 aromatic rings. The molecule has 1 aliphatic rings. The van der Waals surface area contributed by atoms with E-state index in [0.717, 1.165) is 11.3 Å². The number of anilines is 1. The Labute approximate surface area is 110 Å². The second-order valence-corrected chi connectivity index (χ2v) is 4.79. The molecular formula is C14H11ClN2O. The number of halogens is 1. The van der Waals surface area contributed by atoms with Crippen LogP contribution in [0.4, 0.5) is 5.69 Å². The van der Waals surface area contributed by atoms with Crippen molar-refractivity contribution in [2.24, 2.45) is 0 Å². The van der Waals surface area contributed by atoms with Crippen molar-refractivity contribution in [3.8, 4) is 0 Å². The number of hydrogen-bond acceptors (Lipinski definition) is 3. The number of carbonyl (C=O) groups excluding carboxylic acids is 1. The summed E-state index contributed by atoms with van der Waals surface area (Å²) >= 11 is 6.00. The Morgan fingerprint density at radius 3 is 3.00 bits per heavy atom. The Morgan fingerprint density at radius 1 is 1.33 bits per heavy atom. The van der Waals surface area contributed by atoms with Crippen LogP contribution in [0.1, 0.15) is 21.6 Å². The van der Waals surface area contributed by atoms with Crippen LogP contribution in [-0.2, 0) is 6.54 Å². The van der Waals surface area contributed by atoms with Crippen molar-refractivity contribution in [1.82, 2.24) is 4.98 Å². The number of carbonyl (C=O) groups is 1. The lowest BCUT2D eigenvalue weighted by atomic mass is 10.0. The van der Waals surface area contributed by atoms with Crippen LogP contribution in [0.5, 0.6) is 0 Å². The van der Waals surface area contributed by atoms with Crippen molar-refractivity contribution in [1.29, 1.82) is 0 Å². The molecule has 0 amide bonds. The molecule has 0 radical (unpaired) electrons. The third-order valence-electron chi connectivity index (χ3n) is 3.13. The molecule has 0 spiro atoms. The molecule has 1 aromatic heterocycles. The van der Waals surface area contributed by atoms with Crippen molar-refractivity contribution >= 4 is 23.1 Å². The van der Waals surface area contributed by atoms with Crippen molar-refractivity contribution in [3.63, 3.8) is 0 Å². The second kappa shape index (κ2) is 4.10. The summed E-state index contributed by atoms with van der Waals surface area (Å²) in [5.41, 5.74) is 2.98. The number of nitrogens with zero attached hydrogens (tertiary/aromatic N) is 2. The summed E-state index contributed by atoms with van der Waals surface area (Å²) in [5.74, 6) is -0.0402. The average Bonchev–Trinajstić information content (AvgIpc) is 2.47. The largest absolute Gasteiger partial charge is 0.370 e. The fraction of sp³-hybridized carbons (Fsp3) is 0.143. The predicted octanol–water partition coefficient (Wildman–Crippen LogP) is 2.92. The molecule has 3 nitrogen and oxygen atoms in total. The first-order chi connectivity index (χ1) is 8.66. The average molecular weight is 259 g/mol. The van der Waals surface area contributed by atoms with Gasteiger partial charge in [-0.25, -0.2) is 0 Å². The minimum absolute atomic E-state index is 0.0402. The maximum atomic E-state index is 12.5. The molecule has 18 heavy (non-hydrogen) atoms. The van der Waals surface area contributed by atoms with Gasteiger partial charge in [0.15, 0.2) is 0 Å². The lowest BCUT2D eigenvalue weighted by Gasteiger charge is -2.19. The Balaban J connectivity index is 2.25. The fourth-order valence-corrected chi connectivity index (χ4v) is 2.42. The van der Waals surface area contributed by atoms with Gasteiger partial charge < -0.3 is 4.90 Å². The van der Waals surface area contributed by atoms with E-state index in [0.29, 0.717) is 22.8 Å². The molecule has 2 heterocycles. The number of rotatable bonds is 0. The van der Waals surface area contributed by atoms with Gasteiger partial charge in [-0.15, -0.1) is 0 Å². The zero-order chi connectivity index (χ0) is 12.7. The molecule has 0 atom stereocenters. The molecule has 1 aliphatic heterocycles. The predicted molar refractivity (Wildman–Crippen MR) is 71.2 cm³/mol. The fourth-order valence-electron chi connectivity index (χ4n) is 2.25. The first-order valence-corrected chi connectivity index (χ1v) is 6.04. The number of aromatic nitrogens is 1. The second-order valence-electron chi connectivity index (χ2n) is 4.36. The molecule has 1 aromatic carbocycles. The van der Waals surface area contributed by atoms with E-state index < -0.39 is 0 Å². The molecule has 0 saturated heterocycles. The van der Waals surface area contributed by atoms with Gasteiger partial charge in [0.1, 0.15) is 5.69 Å². The third kappa shape index (κ3) is 1.68. The normalized spacial score (nSPS) is 13.9. The topological polar surface area (TPSA) is 33.2 Å². The number of hydrogen-bond donors (Lipinski definition) is 0. The van der Waals surface area contributed by atoms with Crippen molar-refractivity contribution < 1.29 is 4.79 Å². The molecule has 0 unspecified atom stereocenters. The van der Waals surface area contributed by atoms with E-state index in [1.54, 1.807) is 18.3 Å². The van der Waals surface area contributed by atoms with E-state index in [2.05, 4.69) is 4.98 Å². The highest BCUT2D eigenvalue weighted by Gasteiger charge is 2.24. The molecule has 0 aliphatic carbocycles. The quantitative estimate of drug-likeness (QED) is 0.728. The molecule has 0 bridgehead atoms. The first kappa shape index (κ1) is 11.2. The minimum Gasteiger partial charge on any atom is -0.370 e. The van der Waals surface area contributed by atoms with E-state index >= 15 is 0 Å². The van der Waals surface area contributed by atoms with Crippen LogP contribution in [0.3, 0.4) is 0 Å². The van der Waals surface area contributed by atoms with Crippen LogP contribution >= 0.6 is 11.6 Å². The van der Waals surface area contributed by atoms with Crippen LogP contribution in [0.15, 0.2) is 36.5 Å². The van der Waals surface area contributed by atoms with Crippen molar-refractivity contribution in [3.05, 3.63) is 58.4 Å². The zero-order valence-electron chi connectivity index (χ0n) is 9.85. The molecule has 3 rings (SSSR count). The summed E-state index contributed by atoms with van der Waals surface area (Å²) in [4.78, 5) is 18.7. The molecule has 0 N–H and O–H groups in total. The van der Waals surface area contributed by atoms with Gasteiger partial charge in [-0.1, -0.05) is 17.7 Å². The van der Waals surface area contributed by atoms with Crippen LogP contribution in [0, 0.1) is 0 Å². The summed E-state index contributed by atoms with van der Waals surface area (Å²) in [6.45, 7) is 0.655. The van der Waals surface area contributed by atoms with Gasteiger partial charge in [0, 0.05) is 41.6 Å². The van der Waals surface area contributed by atoms with E-state index in [1.165, 1.54) is 0 Å². The summed E-state index contributed by atoms with van der Waals surface area (Å²) < 4.78 is 0. The van der Waals surface area contributed by atoms with Gasteiger partial charge in [-0.3, -0.25) is 9.78 Å². The molecule has 0 saturated carbocycles. The van der Waals surface area contributed by atoms with E-state index in [9.17, 15) is 4.79 Å². The third-order valence-corrected chi connectivity index (χ3v) is 3.36. The number of benzene rings is 1. The highest BCUT2D eigenvalue weighted by molar-refractivity contribution is 6.31. The summed E-state index contributed by atoms with van der Waals surface area (Å²) in [6.07, 6.45) is 1.65. The summed E-state index contributed by atoms with van der Waals surface area (Å²) in [6, 6.07) is 9.11. The van der Waals surface area contributed by atoms with Crippen LogP contribution in [0.25, 0.3) is 0 Å². The standard InChI is InChI=1S/C14H11ClN2O/c1-17-8-9-3-2-6-16-13(9)14(18)11-5-4-10(15)7-12(11)17/h2-7H,8H2,1H3. The first-order valence-electron chi connectivity index (χ1n) is 5.66. The van der Waals surface area contributed by atoms with Gasteiger partial charge in [0.2, 0.25) is 5.78 Å². The molecular weight excluding hydrogens is 248 g/mol. The van der Waals surface area contributed by atoms with E-state index in [4.69, 9.17) is 11.6 Å². The van der Waals surface area contributed by atoms with E-state index in [1.807, 2.05) is 30.1 Å².